The van der Waals surface area contributed by atoms with Crippen molar-refractivity contribution in [2.45, 2.75) is 13.5 Å². The number of nitrogens with one attached hydrogen (secondary N) is 3. The minimum Gasteiger partial charge on any atom is -0.360 e. The van der Waals surface area contributed by atoms with Gasteiger partial charge >= 0.3 is 0 Å². The number of thiocarbonyl (C=S) groups is 1. The van der Waals surface area contributed by atoms with Crippen LogP contribution in [0.2, 0.25) is 0 Å². The zero-order valence-electron chi connectivity index (χ0n) is 15.1. The summed E-state index contributed by atoms with van der Waals surface area (Å²) in [4.78, 5) is 4.12. The van der Waals surface area contributed by atoms with Crippen LogP contribution in [0.1, 0.15) is 12.5 Å². The third-order valence-corrected chi connectivity index (χ3v) is 5.07. The van der Waals surface area contributed by atoms with E-state index in [-0.39, 0.29) is 5.82 Å². The van der Waals surface area contributed by atoms with E-state index in [1.807, 2.05) is 0 Å². The Morgan fingerprint density at radius 1 is 1.08 bits per heavy atom. The quantitative estimate of drug-likeness (QED) is 0.701. The SMILES string of the molecule is CC[NH+]1CCN(c2ccc(NC(=S)NCc3ccc(F)cc3)cc2)CC1. The molecule has 138 valence electrons. The highest BCUT2D eigenvalue weighted by molar-refractivity contribution is 7.80. The van der Waals surface area contributed by atoms with Crippen molar-refractivity contribution in [3.05, 3.63) is 59.9 Å². The molecular weight excluding hydrogens is 347 g/mol. The molecule has 0 unspecified atom stereocenters. The number of quaternary nitrogens is 1. The van der Waals surface area contributed by atoms with Crippen LogP contribution in [-0.2, 0) is 6.54 Å². The van der Waals surface area contributed by atoms with Crippen LogP contribution in [-0.4, -0.2) is 37.8 Å². The van der Waals surface area contributed by atoms with E-state index in [0.29, 0.717) is 11.7 Å². The van der Waals surface area contributed by atoms with Crippen molar-refractivity contribution < 1.29 is 9.29 Å². The number of hydrogen-bond donors (Lipinski definition) is 3. The average molecular weight is 374 g/mol. The normalized spacial score (nSPS) is 14.9. The standard InChI is InChI=1S/C20H25FN4S/c1-2-24-11-13-25(14-12-24)19-9-7-18(8-10-19)23-20(26)22-15-16-3-5-17(21)6-4-16/h3-10H,2,11-15H2,1H3,(H2,22,23,26)/p+1. The molecule has 1 heterocycles. The van der Waals surface area contributed by atoms with Gasteiger partial charge in [-0.2, -0.15) is 0 Å². The largest absolute Gasteiger partial charge is 0.360 e. The van der Waals surface area contributed by atoms with Crippen molar-refractivity contribution in [1.82, 2.24) is 5.32 Å². The van der Waals surface area contributed by atoms with Crippen molar-refractivity contribution in [2.75, 3.05) is 42.9 Å². The van der Waals surface area contributed by atoms with Gasteiger partial charge in [0, 0.05) is 17.9 Å². The van der Waals surface area contributed by atoms with Crippen molar-refractivity contribution in [3.63, 3.8) is 0 Å². The van der Waals surface area contributed by atoms with Gasteiger partial charge in [-0.05, 0) is 61.1 Å². The number of benzene rings is 2. The molecule has 1 fully saturated rings. The molecule has 6 heteroatoms. The van der Waals surface area contributed by atoms with Gasteiger partial charge in [-0.1, -0.05) is 12.1 Å². The summed E-state index contributed by atoms with van der Waals surface area (Å²) in [5, 5.41) is 6.89. The fraction of sp³-hybridized carbons (Fsp3) is 0.350. The van der Waals surface area contributed by atoms with Gasteiger partial charge in [0.2, 0.25) is 0 Å². The number of nitrogens with zero attached hydrogens (tertiary/aromatic N) is 1. The second-order valence-corrected chi connectivity index (χ2v) is 6.98. The van der Waals surface area contributed by atoms with E-state index in [2.05, 4.69) is 46.7 Å². The molecule has 0 amide bonds. The number of rotatable bonds is 5. The summed E-state index contributed by atoms with van der Waals surface area (Å²) in [5.74, 6) is -0.230. The predicted octanol–water partition coefficient (Wildman–Crippen LogP) is 2.04. The van der Waals surface area contributed by atoms with E-state index in [4.69, 9.17) is 12.2 Å². The highest BCUT2D eigenvalue weighted by Gasteiger charge is 2.18. The van der Waals surface area contributed by atoms with E-state index < -0.39 is 0 Å². The van der Waals surface area contributed by atoms with Crippen LogP contribution in [0.4, 0.5) is 15.8 Å². The molecule has 2 aromatic carbocycles. The lowest BCUT2D eigenvalue weighted by Gasteiger charge is -2.33. The lowest BCUT2D eigenvalue weighted by atomic mass is 10.2. The molecule has 0 aromatic heterocycles. The molecule has 0 aliphatic carbocycles. The molecule has 3 rings (SSSR count). The monoisotopic (exact) mass is 373 g/mol. The van der Waals surface area contributed by atoms with Crippen LogP contribution < -0.4 is 20.4 Å². The third-order valence-electron chi connectivity index (χ3n) is 4.83. The highest BCUT2D eigenvalue weighted by atomic mass is 32.1. The molecule has 0 atom stereocenters. The van der Waals surface area contributed by atoms with Gasteiger partial charge in [-0.25, -0.2) is 4.39 Å². The lowest BCUT2D eigenvalue weighted by molar-refractivity contribution is -0.898. The van der Waals surface area contributed by atoms with Gasteiger partial charge in [0.1, 0.15) is 5.82 Å². The smallest absolute Gasteiger partial charge is 0.171 e. The van der Waals surface area contributed by atoms with E-state index in [0.717, 1.165) is 24.3 Å². The van der Waals surface area contributed by atoms with Gasteiger partial charge in [0.05, 0.1) is 32.7 Å². The Balaban J connectivity index is 1.47. The first kappa shape index (κ1) is 18.6. The second-order valence-electron chi connectivity index (χ2n) is 6.57. The summed E-state index contributed by atoms with van der Waals surface area (Å²) in [6, 6.07) is 14.8. The summed E-state index contributed by atoms with van der Waals surface area (Å²) in [5.41, 5.74) is 3.21. The van der Waals surface area contributed by atoms with E-state index in [1.54, 1.807) is 17.0 Å². The van der Waals surface area contributed by atoms with E-state index in [9.17, 15) is 4.39 Å². The summed E-state index contributed by atoms with van der Waals surface area (Å²) in [7, 11) is 0. The van der Waals surface area contributed by atoms with Crippen molar-refractivity contribution in [3.8, 4) is 0 Å². The molecule has 4 nitrogen and oxygen atoms in total. The Kier molecular flexibility index (Phi) is 6.41. The summed E-state index contributed by atoms with van der Waals surface area (Å²) in [6.07, 6.45) is 0. The van der Waals surface area contributed by atoms with Crippen molar-refractivity contribution in [1.29, 1.82) is 0 Å². The van der Waals surface area contributed by atoms with Crippen molar-refractivity contribution >= 4 is 28.7 Å². The number of hydrogen-bond acceptors (Lipinski definition) is 2. The first-order valence-corrected chi connectivity index (χ1v) is 9.53. The number of anilines is 2. The number of piperazine rings is 1. The Bertz CT molecular complexity index is 710. The predicted molar refractivity (Wildman–Crippen MR) is 109 cm³/mol. The molecule has 26 heavy (non-hydrogen) atoms. The Hall–Kier alpha value is -2.18. The molecule has 2 aromatic rings. The van der Waals surface area contributed by atoms with Gasteiger partial charge in [0.25, 0.3) is 0 Å². The van der Waals surface area contributed by atoms with Crippen LogP contribution in [0, 0.1) is 5.82 Å². The van der Waals surface area contributed by atoms with Crippen LogP contribution in [0.15, 0.2) is 48.5 Å². The van der Waals surface area contributed by atoms with E-state index >= 15 is 0 Å². The maximum atomic E-state index is 12.9. The molecule has 1 aliphatic rings. The maximum absolute atomic E-state index is 12.9. The third kappa shape index (κ3) is 5.16. The molecule has 0 saturated carbocycles. The van der Waals surface area contributed by atoms with Gasteiger partial charge < -0.3 is 20.4 Å². The van der Waals surface area contributed by atoms with Gasteiger partial charge in [-0.15, -0.1) is 0 Å². The Labute approximate surface area is 160 Å². The second kappa shape index (κ2) is 8.96. The minimum absolute atomic E-state index is 0.230. The molecule has 0 radical (unpaired) electrons. The molecule has 1 aliphatic heterocycles. The van der Waals surface area contributed by atoms with Crippen LogP contribution in [0.3, 0.4) is 0 Å². The fourth-order valence-corrected chi connectivity index (χ4v) is 3.34. The molecule has 0 bridgehead atoms. The Morgan fingerprint density at radius 3 is 2.35 bits per heavy atom. The van der Waals surface area contributed by atoms with Gasteiger partial charge in [-0.3, -0.25) is 0 Å². The topological polar surface area (TPSA) is 31.7 Å². The molecule has 0 spiro atoms. The zero-order valence-corrected chi connectivity index (χ0v) is 15.9. The molecular formula is C20H26FN4S+. The zero-order chi connectivity index (χ0) is 18.4. The van der Waals surface area contributed by atoms with Crippen LogP contribution in [0.5, 0.6) is 0 Å². The van der Waals surface area contributed by atoms with Crippen LogP contribution in [0.25, 0.3) is 0 Å². The van der Waals surface area contributed by atoms with Gasteiger partial charge in [0.15, 0.2) is 5.11 Å². The molecule has 3 N–H and O–H groups in total. The summed E-state index contributed by atoms with van der Waals surface area (Å²) in [6.45, 7) is 8.63. The summed E-state index contributed by atoms with van der Waals surface area (Å²) < 4.78 is 12.9. The molecule has 1 saturated heterocycles. The Morgan fingerprint density at radius 2 is 1.73 bits per heavy atom. The first-order chi connectivity index (χ1) is 12.6. The fourth-order valence-electron chi connectivity index (χ4n) is 3.15. The first-order valence-electron chi connectivity index (χ1n) is 9.12. The number of halogens is 1. The average Bonchev–Trinajstić information content (AvgIpc) is 2.68. The van der Waals surface area contributed by atoms with Crippen molar-refractivity contribution in [2.24, 2.45) is 0 Å². The number of likely N-dealkylation sites (N-methyl/N-ethyl adjacent to an activating group) is 1. The lowest BCUT2D eigenvalue weighted by Crippen LogP contribution is -3.14. The maximum Gasteiger partial charge on any atom is 0.171 e. The van der Waals surface area contributed by atoms with Crippen LogP contribution >= 0.6 is 12.2 Å². The highest BCUT2D eigenvalue weighted by Crippen LogP contribution is 2.18. The summed E-state index contributed by atoms with van der Waals surface area (Å²) >= 11 is 5.34. The minimum atomic E-state index is -0.230. The van der Waals surface area contributed by atoms with E-state index in [1.165, 1.54) is 37.5 Å².